The largest absolute Gasteiger partial charge is 0.327 e. The number of rotatable bonds is 5. The van der Waals surface area contributed by atoms with Crippen LogP contribution in [0.4, 0.5) is 4.39 Å². The van der Waals surface area contributed by atoms with Gasteiger partial charge in [0.1, 0.15) is 5.82 Å². The molecule has 78 valence electrons. The van der Waals surface area contributed by atoms with Crippen molar-refractivity contribution >= 4 is 11.8 Å². The quantitative estimate of drug-likeness (QED) is 0.814. The zero-order valence-corrected chi connectivity index (χ0v) is 9.19. The molecule has 0 aliphatic carbocycles. The van der Waals surface area contributed by atoms with Gasteiger partial charge in [0.25, 0.3) is 0 Å². The molecule has 0 aliphatic rings. The van der Waals surface area contributed by atoms with E-state index >= 15 is 0 Å². The lowest BCUT2D eigenvalue weighted by atomic mass is 10.2. The fourth-order valence-corrected chi connectivity index (χ4v) is 2.14. The second-order valence-electron chi connectivity index (χ2n) is 3.31. The van der Waals surface area contributed by atoms with Crippen molar-refractivity contribution in [1.29, 1.82) is 0 Å². The van der Waals surface area contributed by atoms with Crippen LogP contribution in [-0.2, 0) is 5.75 Å². The fraction of sp³-hybridized carbons (Fsp3) is 0.455. The van der Waals surface area contributed by atoms with E-state index in [-0.39, 0.29) is 11.9 Å². The van der Waals surface area contributed by atoms with E-state index in [1.165, 1.54) is 6.07 Å². The smallest absolute Gasteiger partial charge is 0.123 e. The van der Waals surface area contributed by atoms with Crippen LogP contribution in [0, 0.1) is 5.82 Å². The Morgan fingerprint density at radius 1 is 1.50 bits per heavy atom. The molecular weight excluding hydrogens is 197 g/mol. The Morgan fingerprint density at radius 3 is 2.93 bits per heavy atom. The first kappa shape index (κ1) is 11.5. The van der Waals surface area contributed by atoms with Crippen LogP contribution in [0.2, 0.25) is 0 Å². The van der Waals surface area contributed by atoms with E-state index in [0.29, 0.717) is 0 Å². The minimum absolute atomic E-state index is 0.164. The van der Waals surface area contributed by atoms with Crippen LogP contribution in [0.25, 0.3) is 0 Å². The summed E-state index contributed by atoms with van der Waals surface area (Å²) in [6, 6.07) is 6.98. The molecular formula is C11H16FNS. The van der Waals surface area contributed by atoms with Gasteiger partial charge in [0.2, 0.25) is 0 Å². The number of halogens is 1. The van der Waals surface area contributed by atoms with E-state index in [9.17, 15) is 4.39 Å². The van der Waals surface area contributed by atoms with Crippen molar-refractivity contribution in [2.24, 2.45) is 5.73 Å². The molecule has 3 heteroatoms. The summed E-state index contributed by atoms with van der Waals surface area (Å²) in [7, 11) is 0. The molecule has 1 rings (SSSR count). The summed E-state index contributed by atoms with van der Waals surface area (Å²) in [5.74, 6) is 1.61. The van der Waals surface area contributed by atoms with Crippen LogP contribution in [0.3, 0.4) is 0 Å². The predicted molar refractivity (Wildman–Crippen MR) is 60.8 cm³/mol. The second kappa shape index (κ2) is 6.04. The average Bonchev–Trinajstić information content (AvgIpc) is 2.17. The van der Waals surface area contributed by atoms with Gasteiger partial charge in [0.15, 0.2) is 0 Å². The molecule has 1 nitrogen and oxygen atoms in total. The van der Waals surface area contributed by atoms with E-state index in [1.807, 2.05) is 6.07 Å². The third-order valence-corrected chi connectivity index (χ3v) is 3.22. The van der Waals surface area contributed by atoms with Gasteiger partial charge >= 0.3 is 0 Å². The lowest BCUT2D eigenvalue weighted by molar-refractivity contribution is 0.626. The number of hydrogen-bond acceptors (Lipinski definition) is 2. The van der Waals surface area contributed by atoms with Crippen LogP contribution in [0.15, 0.2) is 24.3 Å². The first-order valence-electron chi connectivity index (χ1n) is 4.80. The molecule has 1 aromatic rings. The van der Waals surface area contributed by atoms with Gasteiger partial charge in [-0.25, -0.2) is 4.39 Å². The molecule has 0 bridgehead atoms. The Kier molecular flexibility index (Phi) is 4.98. The van der Waals surface area contributed by atoms with Crippen LogP contribution in [-0.4, -0.2) is 11.8 Å². The van der Waals surface area contributed by atoms with Crippen molar-refractivity contribution in [3.63, 3.8) is 0 Å². The molecule has 0 spiro atoms. The lowest BCUT2D eigenvalue weighted by Crippen LogP contribution is -2.21. The monoisotopic (exact) mass is 213 g/mol. The number of benzene rings is 1. The van der Waals surface area contributed by atoms with Gasteiger partial charge in [-0.2, -0.15) is 11.8 Å². The van der Waals surface area contributed by atoms with E-state index in [1.54, 1.807) is 23.9 Å². The molecule has 0 heterocycles. The highest BCUT2D eigenvalue weighted by Gasteiger charge is 2.00. The van der Waals surface area contributed by atoms with Gasteiger partial charge in [0.05, 0.1) is 0 Å². The summed E-state index contributed by atoms with van der Waals surface area (Å²) in [4.78, 5) is 0. The molecule has 0 saturated heterocycles. The molecule has 2 N–H and O–H groups in total. The molecule has 14 heavy (non-hydrogen) atoms. The normalized spacial score (nSPS) is 12.8. The maximum atomic E-state index is 12.8. The summed E-state index contributed by atoms with van der Waals surface area (Å²) in [5.41, 5.74) is 6.80. The molecule has 0 radical (unpaired) electrons. The Bertz CT molecular complexity index is 278. The third kappa shape index (κ3) is 4.11. The van der Waals surface area contributed by atoms with Crippen LogP contribution < -0.4 is 5.73 Å². The summed E-state index contributed by atoms with van der Waals surface area (Å²) >= 11 is 1.76. The first-order valence-corrected chi connectivity index (χ1v) is 5.95. The summed E-state index contributed by atoms with van der Waals surface area (Å²) < 4.78 is 12.8. The summed E-state index contributed by atoms with van der Waals surface area (Å²) in [6.07, 6.45) is 0.996. The van der Waals surface area contributed by atoms with Gasteiger partial charge in [-0.3, -0.25) is 0 Å². The number of hydrogen-bond donors (Lipinski definition) is 1. The fourth-order valence-electron chi connectivity index (χ4n) is 1.07. The van der Waals surface area contributed by atoms with E-state index in [4.69, 9.17) is 5.73 Å². The SMILES string of the molecule is CCC(N)CSCc1cccc(F)c1. The Balaban J connectivity index is 2.31. The molecule has 0 amide bonds. The molecule has 1 aromatic carbocycles. The van der Waals surface area contributed by atoms with Gasteiger partial charge < -0.3 is 5.73 Å². The molecule has 1 atom stereocenters. The van der Waals surface area contributed by atoms with Gasteiger partial charge in [-0.15, -0.1) is 0 Å². The lowest BCUT2D eigenvalue weighted by Gasteiger charge is -2.07. The Labute approximate surface area is 88.9 Å². The topological polar surface area (TPSA) is 26.0 Å². The number of thioether (sulfide) groups is 1. The van der Waals surface area contributed by atoms with Gasteiger partial charge in [-0.05, 0) is 24.1 Å². The highest BCUT2D eigenvalue weighted by molar-refractivity contribution is 7.98. The minimum atomic E-state index is -0.164. The first-order chi connectivity index (χ1) is 6.72. The van der Waals surface area contributed by atoms with Crippen molar-refractivity contribution in [2.75, 3.05) is 5.75 Å². The third-order valence-electron chi connectivity index (χ3n) is 2.01. The molecule has 0 aromatic heterocycles. The zero-order valence-electron chi connectivity index (χ0n) is 8.37. The van der Waals surface area contributed by atoms with E-state index in [0.717, 1.165) is 23.5 Å². The second-order valence-corrected chi connectivity index (χ2v) is 4.34. The molecule has 0 fully saturated rings. The Hall–Kier alpha value is -0.540. The Morgan fingerprint density at radius 2 is 2.29 bits per heavy atom. The summed E-state index contributed by atoms with van der Waals surface area (Å²) in [5, 5.41) is 0. The average molecular weight is 213 g/mol. The highest BCUT2D eigenvalue weighted by atomic mass is 32.2. The van der Waals surface area contributed by atoms with Crippen LogP contribution in [0.1, 0.15) is 18.9 Å². The number of nitrogens with two attached hydrogens (primary N) is 1. The predicted octanol–water partition coefficient (Wildman–Crippen LogP) is 2.80. The maximum absolute atomic E-state index is 12.8. The van der Waals surface area contributed by atoms with E-state index in [2.05, 4.69) is 6.92 Å². The van der Waals surface area contributed by atoms with Crippen molar-refractivity contribution in [3.05, 3.63) is 35.6 Å². The standard InChI is InChI=1S/C11H16FNS/c1-2-11(13)8-14-7-9-4-3-5-10(12)6-9/h3-6,11H,2,7-8,13H2,1H3. The summed E-state index contributed by atoms with van der Waals surface area (Å²) in [6.45, 7) is 2.08. The van der Waals surface area contributed by atoms with Gasteiger partial charge in [0, 0.05) is 17.5 Å². The zero-order chi connectivity index (χ0) is 10.4. The van der Waals surface area contributed by atoms with Crippen molar-refractivity contribution in [1.82, 2.24) is 0 Å². The van der Waals surface area contributed by atoms with E-state index < -0.39 is 0 Å². The van der Waals surface area contributed by atoms with Crippen molar-refractivity contribution in [2.45, 2.75) is 25.1 Å². The van der Waals surface area contributed by atoms with Crippen molar-refractivity contribution < 1.29 is 4.39 Å². The molecule has 0 saturated carbocycles. The van der Waals surface area contributed by atoms with Crippen molar-refractivity contribution in [3.8, 4) is 0 Å². The van der Waals surface area contributed by atoms with Gasteiger partial charge in [-0.1, -0.05) is 19.1 Å². The molecule has 0 aliphatic heterocycles. The minimum Gasteiger partial charge on any atom is -0.327 e. The highest BCUT2D eigenvalue weighted by Crippen LogP contribution is 2.14. The molecule has 1 unspecified atom stereocenters. The van der Waals surface area contributed by atoms with Crippen LogP contribution in [0.5, 0.6) is 0 Å². The van der Waals surface area contributed by atoms with Crippen LogP contribution >= 0.6 is 11.8 Å². The maximum Gasteiger partial charge on any atom is 0.123 e.